The summed E-state index contributed by atoms with van der Waals surface area (Å²) in [7, 11) is 0. The standard InChI is InChI=1S/C22H20N2O3/c1-15-5-6-21-17(10-15)11-19(27-21)14-24(13-18-4-3-9-26-18)22(25)20-12-23-8-7-16(20)2/h3-12H,13-14H2,1-2H3. The first-order chi connectivity index (χ1) is 13.1. The van der Waals surface area contributed by atoms with Gasteiger partial charge in [-0.15, -0.1) is 0 Å². The van der Waals surface area contributed by atoms with Gasteiger partial charge in [-0.25, -0.2) is 0 Å². The predicted octanol–water partition coefficient (Wildman–Crippen LogP) is 4.88. The Labute approximate surface area is 157 Å². The largest absolute Gasteiger partial charge is 0.467 e. The number of furan rings is 2. The lowest BCUT2D eigenvalue weighted by Crippen LogP contribution is -2.30. The number of amides is 1. The van der Waals surface area contributed by atoms with E-state index in [2.05, 4.69) is 11.1 Å². The zero-order valence-electron chi connectivity index (χ0n) is 15.3. The molecule has 0 aliphatic heterocycles. The highest BCUT2D eigenvalue weighted by Crippen LogP contribution is 2.23. The van der Waals surface area contributed by atoms with E-state index in [1.54, 1.807) is 23.6 Å². The van der Waals surface area contributed by atoms with Crippen LogP contribution in [0.3, 0.4) is 0 Å². The highest BCUT2D eigenvalue weighted by Gasteiger charge is 2.21. The van der Waals surface area contributed by atoms with Gasteiger partial charge in [0, 0.05) is 17.8 Å². The van der Waals surface area contributed by atoms with Gasteiger partial charge in [0.05, 0.1) is 24.9 Å². The minimum absolute atomic E-state index is 0.103. The summed E-state index contributed by atoms with van der Waals surface area (Å²) in [5, 5.41) is 1.04. The summed E-state index contributed by atoms with van der Waals surface area (Å²) in [6.07, 6.45) is 4.90. The van der Waals surface area contributed by atoms with E-state index in [1.165, 1.54) is 5.56 Å². The van der Waals surface area contributed by atoms with Gasteiger partial charge < -0.3 is 13.7 Å². The molecule has 0 saturated heterocycles. The van der Waals surface area contributed by atoms with Crippen molar-refractivity contribution in [2.75, 3.05) is 0 Å². The van der Waals surface area contributed by atoms with Crippen molar-refractivity contribution >= 4 is 16.9 Å². The Morgan fingerprint density at radius 3 is 2.70 bits per heavy atom. The number of aromatic nitrogens is 1. The molecular weight excluding hydrogens is 340 g/mol. The maximum Gasteiger partial charge on any atom is 0.256 e. The fraction of sp³-hybridized carbons (Fsp3) is 0.182. The van der Waals surface area contributed by atoms with Crippen molar-refractivity contribution in [3.8, 4) is 0 Å². The molecule has 0 N–H and O–H groups in total. The Balaban J connectivity index is 1.66. The van der Waals surface area contributed by atoms with Gasteiger partial charge in [0.1, 0.15) is 17.1 Å². The normalized spacial score (nSPS) is 11.0. The summed E-state index contributed by atoms with van der Waals surface area (Å²) in [5.41, 5.74) is 3.46. The van der Waals surface area contributed by atoms with Crippen LogP contribution in [0, 0.1) is 13.8 Å². The van der Waals surface area contributed by atoms with Gasteiger partial charge >= 0.3 is 0 Å². The highest BCUT2D eigenvalue weighted by atomic mass is 16.3. The van der Waals surface area contributed by atoms with E-state index >= 15 is 0 Å². The van der Waals surface area contributed by atoms with Crippen molar-refractivity contribution in [3.05, 3.63) is 89.3 Å². The summed E-state index contributed by atoms with van der Waals surface area (Å²) in [5.74, 6) is 1.35. The maximum absolute atomic E-state index is 13.2. The van der Waals surface area contributed by atoms with Crippen LogP contribution in [0.15, 0.2) is 70.0 Å². The number of benzene rings is 1. The maximum atomic E-state index is 13.2. The first kappa shape index (κ1) is 17.1. The molecule has 27 heavy (non-hydrogen) atoms. The van der Waals surface area contributed by atoms with Crippen molar-refractivity contribution in [1.29, 1.82) is 0 Å². The molecule has 1 amide bonds. The third-order valence-electron chi connectivity index (χ3n) is 4.55. The molecule has 4 rings (SSSR count). The Bertz CT molecular complexity index is 1080. The van der Waals surface area contributed by atoms with Gasteiger partial charge in [-0.05, 0) is 55.8 Å². The van der Waals surface area contributed by atoms with Crippen LogP contribution in [-0.2, 0) is 13.1 Å². The summed E-state index contributed by atoms with van der Waals surface area (Å²) >= 11 is 0. The molecule has 0 spiro atoms. The molecule has 0 saturated carbocycles. The van der Waals surface area contributed by atoms with Crippen molar-refractivity contribution in [2.45, 2.75) is 26.9 Å². The van der Waals surface area contributed by atoms with Crippen molar-refractivity contribution < 1.29 is 13.6 Å². The molecule has 0 radical (unpaired) electrons. The van der Waals surface area contributed by atoms with Crippen LogP contribution in [0.5, 0.6) is 0 Å². The Morgan fingerprint density at radius 1 is 1.07 bits per heavy atom. The SMILES string of the molecule is Cc1ccc2oc(CN(Cc3ccco3)C(=O)c3cnccc3C)cc2c1. The summed E-state index contributed by atoms with van der Waals surface area (Å²) in [4.78, 5) is 19.0. The van der Waals surface area contributed by atoms with Gasteiger partial charge in [-0.2, -0.15) is 0 Å². The van der Waals surface area contributed by atoms with E-state index in [0.29, 0.717) is 18.7 Å². The molecule has 0 aliphatic carbocycles. The molecule has 5 nitrogen and oxygen atoms in total. The van der Waals surface area contributed by atoms with Gasteiger partial charge in [-0.3, -0.25) is 9.78 Å². The number of aryl methyl sites for hydroxylation is 2. The number of hydrogen-bond donors (Lipinski definition) is 0. The fourth-order valence-corrected chi connectivity index (χ4v) is 3.13. The second-order valence-electron chi connectivity index (χ2n) is 6.69. The lowest BCUT2D eigenvalue weighted by Gasteiger charge is -2.21. The van der Waals surface area contributed by atoms with Gasteiger partial charge in [-0.1, -0.05) is 11.6 Å². The van der Waals surface area contributed by atoms with Crippen LogP contribution in [-0.4, -0.2) is 15.8 Å². The second kappa shape index (κ2) is 7.11. The molecule has 3 aromatic heterocycles. The number of rotatable bonds is 5. The van der Waals surface area contributed by atoms with Crippen molar-refractivity contribution in [2.24, 2.45) is 0 Å². The van der Waals surface area contributed by atoms with Crippen LogP contribution in [0.25, 0.3) is 11.0 Å². The van der Waals surface area contributed by atoms with Gasteiger partial charge in [0.15, 0.2) is 0 Å². The molecule has 0 atom stereocenters. The molecular formula is C22H20N2O3. The molecule has 5 heteroatoms. The number of nitrogens with zero attached hydrogens (tertiary/aromatic N) is 2. The number of pyridine rings is 1. The topological polar surface area (TPSA) is 59.5 Å². The van der Waals surface area contributed by atoms with Gasteiger partial charge in [0.2, 0.25) is 0 Å². The molecule has 0 aliphatic rings. The Morgan fingerprint density at radius 2 is 1.93 bits per heavy atom. The molecule has 3 heterocycles. The van der Waals surface area contributed by atoms with Crippen molar-refractivity contribution in [1.82, 2.24) is 9.88 Å². The summed E-state index contributed by atoms with van der Waals surface area (Å²) < 4.78 is 11.4. The zero-order chi connectivity index (χ0) is 18.8. The first-order valence-corrected chi connectivity index (χ1v) is 8.81. The quantitative estimate of drug-likeness (QED) is 0.509. The smallest absolute Gasteiger partial charge is 0.256 e. The highest BCUT2D eigenvalue weighted by molar-refractivity contribution is 5.95. The molecule has 0 unspecified atom stereocenters. The second-order valence-corrected chi connectivity index (χ2v) is 6.69. The lowest BCUT2D eigenvalue weighted by molar-refractivity contribution is 0.0704. The van der Waals surface area contributed by atoms with Gasteiger partial charge in [0.25, 0.3) is 5.91 Å². The number of carbonyl (C=O) groups is 1. The minimum Gasteiger partial charge on any atom is -0.467 e. The Hall–Kier alpha value is -3.34. The number of hydrogen-bond acceptors (Lipinski definition) is 4. The summed E-state index contributed by atoms with van der Waals surface area (Å²) in [6.45, 7) is 4.66. The molecule has 136 valence electrons. The average molecular weight is 360 g/mol. The monoisotopic (exact) mass is 360 g/mol. The predicted molar refractivity (Wildman–Crippen MR) is 102 cm³/mol. The molecule has 1 aromatic carbocycles. The van der Waals surface area contributed by atoms with Crippen LogP contribution < -0.4 is 0 Å². The van der Waals surface area contributed by atoms with Crippen LogP contribution in [0.1, 0.15) is 33.0 Å². The van der Waals surface area contributed by atoms with E-state index in [1.807, 2.05) is 50.2 Å². The minimum atomic E-state index is -0.103. The van der Waals surface area contributed by atoms with E-state index in [-0.39, 0.29) is 5.91 Å². The van der Waals surface area contributed by atoms with Crippen molar-refractivity contribution in [3.63, 3.8) is 0 Å². The summed E-state index contributed by atoms with van der Waals surface area (Å²) in [6, 6.07) is 13.5. The molecule has 4 aromatic rings. The first-order valence-electron chi connectivity index (χ1n) is 8.81. The molecule has 0 fully saturated rings. The molecule has 0 bridgehead atoms. The van der Waals surface area contributed by atoms with E-state index in [0.717, 1.165) is 28.1 Å². The Kier molecular flexibility index (Phi) is 4.50. The van der Waals surface area contributed by atoms with E-state index in [9.17, 15) is 4.79 Å². The third-order valence-corrected chi connectivity index (χ3v) is 4.55. The van der Waals surface area contributed by atoms with Crippen LogP contribution >= 0.6 is 0 Å². The average Bonchev–Trinajstić information content (AvgIpc) is 3.30. The van der Waals surface area contributed by atoms with E-state index < -0.39 is 0 Å². The zero-order valence-corrected chi connectivity index (χ0v) is 15.3. The lowest BCUT2D eigenvalue weighted by atomic mass is 10.1. The number of carbonyl (C=O) groups excluding carboxylic acids is 1. The van der Waals surface area contributed by atoms with Crippen LogP contribution in [0.4, 0.5) is 0 Å². The number of fused-ring (bicyclic) bond motifs is 1. The van der Waals surface area contributed by atoms with E-state index in [4.69, 9.17) is 8.83 Å². The fourth-order valence-electron chi connectivity index (χ4n) is 3.13. The van der Waals surface area contributed by atoms with Crippen LogP contribution in [0.2, 0.25) is 0 Å². The third kappa shape index (κ3) is 3.62.